The zero-order valence-electron chi connectivity index (χ0n) is 16.1. The minimum absolute atomic E-state index is 0.0852. The van der Waals surface area contributed by atoms with Crippen molar-refractivity contribution in [1.82, 2.24) is 14.8 Å². The summed E-state index contributed by atoms with van der Waals surface area (Å²) < 4.78 is 1.64. The fourth-order valence-electron chi connectivity index (χ4n) is 2.99. The average Bonchev–Trinajstić information content (AvgIpc) is 3.16. The SMILES string of the molecule is Cc1cccc(NC(=O)c2nc(-c3ccccc3)n(-c3ccc(C)c(Cl)c3)n2)c1. The first-order valence-corrected chi connectivity index (χ1v) is 9.56. The van der Waals surface area contributed by atoms with E-state index in [9.17, 15) is 4.79 Å². The van der Waals surface area contributed by atoms with Crippen LogP contribution in [0.1, 0.15) is 21.7 Å². The number of halogens is 1. The van der Waals surface area contributed by atoms with Gasteiger partial charge >= 0.3 is 0 Å². The Morgan fingerprint density at radius 3 is 2.48 bits per heavy atom. The molecule has 5 nitrogen and oxygen atoms in total. The number of carbonyl (C=O) groups excluding carboxylic acids is 1. The summed E-state index contributed by atoms with van der Waals surface area (Å²) >= 11 is 6.31. The van der Waals surface area contributed by atoms with E-state index in [4.69, 9.17) is 11.6 Å². The van der Waals surface area contributed by atoms with Gasteiger partial charge in [0.1, 0.15) is 0 Å². The number of amides is 1. The van der Waals surface area contributed by atoms with Gasteiger partial charge in [0.15, 0.2) is 5.82 Å². The molecule has 0 aliphatic carbocycles. The Kier molecular flexibility index (Phi) is 5.14. The number of nitrogens with zero attached hydrogens (tertiary/aromatic N) is 3. The van der Waals surface area contributed by atoms with Gasteiger partial charge in [0.05, 0.1) is 5.69 Å². The lowest BCUT2D eigenvalue weighted by Gasteiger charge is -2.07. The zero-order chi connectivity index (χ0) is 20.4. The van der Waals surface area contributed by atoms with Crippen LogP contribution in [0.3, 0.4) is 0 Å². The Balaban J connectivity index is 1.77. The molecule has 0 saturated carbocycles. The lowest BCUT2D eigenvalue weighted by molar-refractivity contribution is 0.101. The third kappa shape index (κ3) is 4.05. The minimum atomic E-state index is -0.371. The van der Waals surface area contributed by atoms with E-state index in [0.717, 1.165) is 22.4 Å². The summed E-state index contributed by atoms with van der Waals surface area (Å²) in [5.74, 6) is 0.284. The van der Waals surface area contributed by atoms with Gasteiger partial charge in [-0.3, -0.25) is 4.79 Å². The molecule has 1 amide bonds. The number of hydrogen-bond acceptors (Lipinski definition) is 3. The second kappa shape index (κ2) is 7.89. The predicted molar refractivity (Wildman–Crippen MR) is 116 cm³/mol. The number of aromatic nitrogens is 3. The van der Waals surface area contributed by atoms with Crippen LogP contribution in [0.15, 0.2) is 72.8 Å². The van der Waals surface area contributed by atoms with Gasteiger partial charge in [-0.25, -0.2) is 9.67 Å². The monoisotopic (exact) mass is 402 g/mol. The average molecular weight is 403 g/mol. The molecular formula is C23H19ClN4O. The normalized spacial score (nSPS) is 10.7. The molecule has 0 aliphatic rings. The number of aryl methyl sites for hydroxylation is 2. The van der Waals surface area contributed by atoms with Crippen molar-refractivity contribution in [1.29, 1.82) is 0 Å². The van der Waals surface area contributed by atoms with E-state index in [0.29, 0.717) is 16.5 Å². The molecule has 0 saturated heterocycles. The maximum atomic E-state index is 12.8. The smallest absolute Gasteiger partial charge is 0.295 e. The highest BCUT2D eigenvalue weighted by molar-refractivity contribution is 6.31. The summed E-state index contributed by atoms with van der Waals surface area (Å²) in [6.45, 7) is 3.91. The van der Waals surface area contributed by atoms with Crippen molar-refractivity contribution >= 4 is 23.2 Å². The molecular weight excluding hydrogens is 384 g/mol. The van der Waals surface area contributed by atoms with Gasteiger partial charge in [0.2, 0.25) is 5.82 Å². The largest absolute Gasteiger partial charge is 0.319 e. The number of anilines is 1. The van der Waals surface area contributed by atoms with E-state index in [2.05, 4.69) is 15.4 Å². The zero-order valence-corrected chi connectivity index (χ0v) is 16.8. The highest BCUT2D eigenvalue weighted by atomic mass is 35.5. The maximum absolute atomic E-state index is 12.8. The molecule has 0 radical (unpaired) electrons. The van der Waals surface area contributed by atoms with Crippen LogP contribution < -0.4 is 5.32 Å². The molecule has 0 spiro atoms. The van der Waals surface area contributed by atoms with Gasteiger partial charge in [-0.15, -0.1) is 5.10 Å². The Labute approximate surface area is 174 Å². The Bertz CT molecular complexity index is 1180. The second-order valence-electron chi connectivity index (χ2n) is 6.79. The minimum Gasteiger partial charge on any atom is -0.319 e. The fraction of sp³-hybridized carbons (Fsp3) is 0.0870. The van der Waals surface area contributed by atoms with Gasteiger partial charge in [0, 0.05) is 16.3 Å². The van der Waals surface area contributed by atoms with Crippen molar-refractivity contribution < 1.29 is 4.79 Å². The lowest BCUT2D eigenvalue weighted by atomic mass is 10.2. The molecule has 144 valence electrons. The molecule has 0 fully saturated rings. The molecule has 1 heterocycles. The molecule has 1 N–H and O–H groups in total. The van der Waals surface area contributed by atoms with Crippen LogP contribution in [0.2, 0.25) is 5.02 Å². The summed E-state index contributed by atoms with van der Waals surface area (Å²) in [5.41, 5.74) is 4.31. The van der Waals surface area contributed by atoms with Gasteiger partial charge in [0.25, 0.3) is 5.91 Å². The summed E-state index contributed by atoms with van der Waals surface area (Å²) in [4.78, 5) is 17.3. The number of rotatable bonds is 4. The Morgan fingerprint density at radius 1 is 0.966 bits per heavy atom. The van der Waals surface area contributed by atoms with Crippen LogP contribution in [-0.4, -0.2) is 20.7 Å². The second-order valence-corrected chi connectivity index (χ2v) is 7.20. The summed E-state index contributed by atoms with van der Waals surface area (Å²) in [6, 6.07) is 22.9. The molecule has 29 heavy (non-hydrogen) atoms. The topological polar surface area (TPSA) is 59.8 Å². The standard InChI is InChI=1S/C23H19ClN4O/c1-15-7-6-10-18(13-15)25-23(29)21-26-22(17-8-4-3-5-9-17)28(27-21)19-12-11-16(2)20(24)14-19/h3-14H,1-2H3,(H,25,29). The third-order valence-electron chi connectivity index (χ3n) is 4.52. The number of carbonyl (C=O) groups is 1. The number of hydrogen-bond donors (Lipinski definition) is 1. The van der Waals surface area contributed by atoms with Gasteiger partial charge in [-0.2, -0.15) is 0 Å². The molecule has 0 aliphatic heterocycles. The van der Waals surface area contributed by atoms with Gasteiger partial charge in [-0.05, 0) is 49.2 Å². The lowest BCUT2D eigenvalue weighted by Crippen LogP contribution is -2.14. The first-order valence-electron chi connectivity index (χ1n) is 9.18. The molecule has 6 heteroatoms. The maximum Gasteiger partial charge on any atom is 0.295 e. The van der Waals surface area contributed by atoms with Crippen molar-refractivity contribution in [3.05, 3.63) is 94.8 Å². The predicted octanol–water partition coefficient (Wildman–Crippen LogP) is 5.46. The highest BCUT2D eigenvalue weighted by Crippen LogP contribution is 2.25. The van der Waals surface area contributed by atoms with Crippen LogP contribution in [0.5, 0.6) is 0 Å². The van der Waals surface area contributed by atoms with E-state index in [1.165, 1.54) is 0 Å². The van der Waals surface area contributed by atoms with E-state index in [1.807, 2.05) is 86.6 Å². The molecule has 1 aromatic heterocycles. The first-order chi connectivity index (χ1) is 14.0. The molecule has 0 atom stereocenters. The van der Waals surface area contributed by atoms with Crippen LogP contribution >= 0.6 is 11.6 Å². The van der Waals surface area contributed by atoms with Crippen molar-refractivity contribution in [3.63, 3.8) is 0 Å². The van der Waals surface area contributed by atoms with Crippen molar-refractivity contribution in [2.75, 3.05) is 5.32 Å². The van der Waals surface area contributed by atoms with Crippen LogP contribution in [-0.2, 0) is 0 Å². The Morgan fingerprint density at radius 2 is 1.76 bits per heavy atom. The first kappa shape index (κ1) is 18.9. The van der Waals surface area contributed by atoms with Gasteiger partial charge in [-0.1, -0.05) is 60.1 Å². The van der Waals surface area contributed by atoms with Gasteiger partial charge < -0.3 is 5.32 Å². The molecule has 4 aromatic rings. The van der Waals surface area contributed by atoms with Crippen molar-refractivity contribution in [3.8, 4) is 17.1 Å². The fourth-order valence-corrected chi connectivity index (χ4v) is 3.16. The number of nitrogens with one attached hydrogen (secondary N) is 1. The van der Waals surface area contributed by atoms with Crippen LogP contribution in [0.4, 0.5) is 5.69 Å². The summed E-state index contributed by atoms with van der Waals surface area (Å²) in [7, 11) is 0. The molecule has 0 unspecified atom stereocenters. The van der Waals surface area contributed by atoms with Crippen molar-refractivity contribution in [2.45, 2.75) is 13.8 Å². The number of benzene rings is 3. The molecule has 0 bridgehead atoms. The van der Waals surface area contributed by atoms with Crippen LogP contribution in [0, 0.1) is 13.8 Å². The Hall–Kier alpha value is -3.44. The van der Waals surface area contributed by atoms with Crippen molar-refractivity contribution in [2.24, 2.45) is 0 Å². The quantitative estimate of drug-likeness (QED) is 0.493. The van der Waals surface area contributed by atoms with E-state index >= 15 is 0 Å². The summed E-state index contributed by atoms with van der Waals surface area (Å²) in [5, 5.41) is 7.97. The molecule has 3 aromatic carbocycles. The highest BCUT2D eigenvalue weighted by Gasteiger charge is 2.19. The van der Waals surface area contributed by atoms with E-state index < -0.39 is 0 Å². The van der Waals surface area contributed by atoms with Crippen LogP contribution in [0.25, 0.3) is 17.1 Å². The van der Waals surface area contributed by atoms with E-state index in [1.54, 1.807) is 4.68 Å². The molecule has 4 rings (SSSR count). The summed E-state index contributed by atoms with van der Waals surface area (Å²) in [6.07, 6.45) is 0. The third-order valence-corrected chi connectivity index (χ3v) is 4.93. The van der Waals surface area contributed by atoms with E-state index in [-0.39, 0.29) is 11.7 Å².